The maximum absolute atomic E-state index is 15.8. The summed E-state index contributed by atoms with van der Waals surface area (Å²) in [6, 6.07) is 14.8. The summed E-state index contributed by atoms with van der Waals surface area (Å²) in [6.45, 7) is 6.41. The third-order valence-corrected chi connectivity index (χ3v) is 16.4. The van der Waals surface area contributed by atoms with Gasteiger partial charge in [-0.05, 0) is 79.1 Å². The lowest BCUT2D eigenvalue weighted by Gasteiger charge is -2.60. The number of pyridine rings is 1. The maximum Gasteiger partial charge on any atom is 0.301 e. The van der Waals surface area contributed by atoms with Gasteiger partial charge in [0.25, 0.3) is 5.91 Å². The number of carbonyl (C=O) groups is 4. The van der Waals surface area contributed by atoms with Crippen molar-refractivity contribution in [3.63, 3.8) is 0 Å². The minimum absolute atomic E-state index is 0.00277. The van der Waals surface area contributed by atoms with Gasteiger partial charge in [0.05, 0.1) is 23.9 Å². The highest BCUT2D eigenvalue weighted by molar-refractivity contribution is 7.90. The standard InChI is InChI=1S/C49H50F3N9O7S/c1-68-40-18-34(16-31-24-61(48(65)42(31)40)39-8-9-41(62)55-47(39)64)59-26-49(27-59)19-28(20-49)23-57-12-14-58(15-13-57)33-4-2-29(3-5-33)30-17-35-36(22-54-46(35)53-21-30)45(63)43-37(51)6-7-38(44(43)52)56-69(66,67)60-11-10-32(50)25-60/h2-7,16-18,21-22,28,32,39,56H,8-15,19-20,23-27H2,1H3,(H,53,54)(H,55,62,64)/t32-,39?/m1/s1. The molecule has 360 valence electrons. The first kappa shape index (κ1) is 45.0. The van der Waals surface area contributed by atoms with E-state index in [-0.39, 0.29) is 48.7 Å². The predicted octanol–water partition coefficient (Wildman–Crippen LogP) is 5.25. The summed E-state index contributed by atoms with van der Waals surface area (Å²) in [5.41, 5.74) is 3.94. The van der Waals surface area contributed by atoms with E-state index in [2.05, 4.69) is 36.1 Å². The Morgan fingerprint density at radius 3 is 2.41 bits per heavy atom. The average molecular weight is 966 g/mol. The van der Waals surface area contributed by atoms with Crippen LogP contribution < -0.4 is 24.6 Å². The summed E-state index contributed by atoms with van der Waals surface area (Å²) in [5, 5.41) is 2.70. The number of nitrogens with one attached hydrogen (secondary N) is 3. The molecule has 2 aromatic heterocycles. The van der Waals surface area contributed by atoms with Crippen LogP contribution in [-0.2, 0) is 26.3 Å². The second-order valence-electron chi connectivity index (χ2n) is 19.3. The van der Waals surface area contributed by atoms with Gasteiger partial charge in [-0.1, -0.05) is 12.1 Å². The molecule has 0 bridgehead atoms. The van der Waals surface area contributed by atoms with Gasteiger partial charge in [-0.15, -0.1) is 0 Å². The first-order chi connectivity index (χ1) is 33.2. The number of H-pyrrole nitrogens is 1. The number of alkyl halides is 1. The maximum atomic E-state index is 15.8. The van der Waals surface area contributed by atoms with Crippen LogP contribution in [0.1, 0.15) is 63.9 Å². The minimum Gasteiger partial charge on any atom is -0.496 e. The van der Waals surface area contributed by atoms with Gasteiger partial charge in [0.1, 0.15) is 29.4 Å². The number of halogens is 3. The highest BCUT2D eigenvalue weighted by Crippen LogP contribution is 2.54. The molecule has 3 aromatic carbocycles. The zero-order chi connectivity index (χ0) is 47.9. The van der Waals surface area contributed by atoms with E-state index in [0.29, 0.717) is 46.8 Å². The Morgan fingerprint density at radius 2 is 1.70 bits per heavy atom. The smallest absolute Gasteiger partial charge is 0.301 e. The molecule has 0 radical (unpaired) electrons. The number of methoxy groups -OCH3 is 1. The number of carbonyl (C=O) groups excluding carboxylic acids is 4. The fourth-order valence-corrected chi connectivity index (χ4v) is 12.6. The van der Waals surface area contributed by atoms with E-state index in [1.54, 1.807) is 24.3 Å². The van der Waals surface area contributed by atoms with Crippen LogP contribution in [0, 0.1) is 23.0 Å². The van der Waals surface area contributed by atoms with Crippen molar-refractivity contribution >= 4 is 61.8 Å². The molecule has 69 heavy (non-hydrogen) atoms. The number of aromatic nitrogens is 2. The Labute approximate surface area is 395 Å². The third-order valence-electron chi connectivity index (χ3n) is 14.9. The molecular weight excluding hydrogens is 916 g/mol. The number of ether oxygens (including phenoxy) is 1. The largest absolute Gasteiger partial charge is 0.496 e. The van der Waals surface area contributed by atoms with Gasteiger partial charge in [-0.2, -0.15) is 12.7 Å². The first-order valence-corrected chi connectivity index (χ1v) is 24.7. The molecule has 1 unspecified atom stereocenters. The Morgan fingerprint density at radius 1 is 0.928 bits per heavy atom. The van der Waals surface area contributed by atoms with E-state index in [9.17, 15) is 32.0 Å². The number of fused-ring (bicyclic) bond motifs is 2. The van der Waals surface area contributed by atoms with Crippen LogP contribution >= 0.6 is 0 Å². The Hall–Kier alpha value is -6.51. The molecule has 16 nitrogen and oxygen atoms in total. The SMILES string of the molecule is COc1cc(N2CC3(CC(CN4CCN(c5ccc(-c6cnc7[nH]cc(C(=O)c8c(F)ccc(NS(=O)(=O)N9CC[C@@H](F)C9)c8F)c7c6)cc5)CC4)C3)C2)cc2c1C(=O)N(C1CCC(=O)NC1=O)C2. The number of ketones is 1. The van der Waals surface area contributed by atoms with Gasteiger partial charge < -0.3 is 24.4 Å². The quantitative estimate of drug-likeness (QED) is 0.110. The molecule has 7 heterocycles. The number of hydrogen-bond donors (Lipinski definition) is 3. The van der Waals surface area contributed by atoms with Crippen LogP contribution in [-0.4, -0.2) is 134 Å². The zero-order valence-electron chi connectivity index (χ0n) is 37.8. The number of piperidine rings is 1. The minimum atomic E-state index is -4.36. The summed E-state index contributed by atoms with van der Waals surface area (Å²) >= 11 is 0. The third kappa shape index (κ3) is 8.14. The molecule has 1 saturated carbocycles. The van der Waals surface area contributed by atoms with Gasteiger partial charge in [-0.3, -0.25) is 34.1 Å². The van der Waals surface area contributed by atoms with Gasteiger partial charge in [0, 0.05) is 124 Å². The number of hydrogen-bond acceptors (Lipinski definition) is 11. The fourth-order valence-electron chi connectivity index (χ4n) is 11.3. The van der Waals surface area contributed by atoms with E-state index >= 15 is 8.78 Å². The van der Waals surface area contributed by atoms with E-state index in [0.717, 1.165) is 84.8 Å². The molecule has 11 rings (SSSR count). The lowest BCUT2D eigenvalue weighted by Crippen LogP contribution is -2.64. The number of aromatic amines is 1. The van der Waals surface area contributed by atoms with E-state index < -0.39 is 57.0 Å². The van der Waals surface area contributed by atoms with E-state index in [1.807, 2.05) is 35.1 Å². The predicted molar refractivity (Wildman–Crippen MR) is 250 cm³/mol. The van der Waals surface area contributed by atoms with Crippen LogP contribution in [0.5, 0.6) is 5.75 Å². The number of benzene rings is 3. The summed E-state index contributed by atoms with van der Waals surface area (Å²) in [7, 11) is -2.80. The monoisotopic (exact) mass is 965 g/mol. The normalized spacial score (nSPS) is 22.0. The van der Waals surface area contributed by atoms with Gasteiger partial charge in [0.15, 0.2) is 5.82 Å². The van der Waals surface area contributed by atoms with Crippen molar-refractivity contribution in [3.8, 4) is 16.9 Å². The van der Waals surface area contributed by atoms with Crippen molar-refractivity contribution in [1.29, 1.82) is 0 Å². The molecular formula is C49H50F3N9O7S. The van der Waals surface area contributed by atoms with Crippen molar-refractivity contribution < 1.29 is 45.5 Å². The van der Waals surface area contributed by atoms with Crippen molar-refractivity contribution in [3.05, 3.63) is 101 Å². The summed E-state index contributed by atoms with van der Waals surface area (Å²) in [6.07, 6.45) is 4.47. The first-order valence-electron chi connectivity index (χ1n) is 23.3. The van der Waals surface area contributed by atoms with Crippen LogP contribution in [0.15, 0.2) is 67.0 Å². The average Bonchev–Trinajstić information content (AvgIpc) is 4.04. The topological polar surface area (TPSA) is 181 Å². The number of amides is 3. The van der Waals surface area contributed by atoms with Crippen molar-refractivity contribution in [2.24, 2.45) is 11.3 Å². The van der Waals surface area contributed by atoms with Crippen molar-refractivity contribution in [1.82, 2.24) is 29.4 Å². The van der Waals surface area contributed by atoms with Crippen molar-refractivity contribution in [2.75, 3.05) is 80.5 Å². The number of imide groups is 1. The number of rotatable bonds is 12. The van der Waals surface area contributed by atoms with Crippen molar-refractivity contribution in [2.45, 2.75) is 50.9 Å². The van der Waals surface area contributed by atoms with Crippen LogP contribution in [0.2, 0.25) is 0 Å². The van der Waals surface area contributed by atoms with Crippen LogP contribution in [0.25, 0.3) is 22.2 Å². The molecule has 5 fully saturated rings. The molecule has 4 saturated heterocycles. The van der Waals surface area contributed by atoms with Gasteiger partial charge in [0.2, 0.25) is 17.6 Å². The summed E-state index contributed by atoms with van der Waals surface area (Å²) in [4.78, 5) is 67.7. The molecule has 3 N–H and O–H groups in total. The van der Waals surface area contributed by atoms with Gasteiger partial charge >= 0.3 is 10.2 Å². The number of nitrogens with zero attached hydrogens (tertiary/aromatic N) is 6. The van der Waals surface area contributed by atoms with Gasteiger partial charge in [-0.25, -0.2) is 18.2 Å². The van der Waals surface area contributed by atoms with Crippen LogP contribution in [0.3, 0.4) is 0 Å². The second-order valence-corrected chi connectivity index (χ2v) is 21.0. The molecule has 1 aliphatic carbocycles. The Balaban J connectivity index is 0.677. The summed E-state index contributed by atoms with van der Waals surface area (Å²) in [5.74, 6) is -3.41. The van der Waals surface area contributed by atoms with E-state index in [4.69, 9.17) is 4.74 Å². The molecule has 5 aliphatic heterocycles. The summed E-state index contributed by atoms with van der Waals surface area (Å²) < 4.78 is 78.9. The lowest BCUT2D eigenvalue weighted by molar-refractivity contribution is -0.136. The zero-order valence-corrected chi connectivity index (χ0v) is 38.6. The molecule has 5 aromatic rings. The second kappa shape index (κ2) is 17.2. The number of piperazine rings is 1. The molecule has 2 atom stereocenters. The Kier molecular flexibility index (Phi) is 11.2. The lowest BCUT2D eigenvalue weighted by atomic mass is 9.57. The highest BCUT2D eigenvalue weighted by Gasteiger charge is 2.53. The number of anilines is 3. The Bertz CT molecular complexity index is 3040. The molecule has 1 spiro atoms. The molecule has 3 amide bonds. The molecule has 6 aliphatic rings. The molecule has 20 heteroatoms. The van der Waals surface area contributed by atoms with Crippen LogP contribution in [0.4, 0.5) is 30.2 Å². The van der Waals surface area contributed by atoms with E-state index in [1.165, 1.54) is 19.0 Å². The fraction of sp³-hybridized carbons (Fsp3) is 0.408. The highest BCUT2D eigenvalue weighted by atomic mass is 32.2.